The highest BCUT2D eigenvalue weighted by Crippen LogP contribution is 2.12. The number of ether oxygens (including phenoxy) is 2. The molecule has 1 aromatic carbocycles. The Kier molecular flexibility index (Phi) is 6.36. The maximum atomic E-state index is 11.8. The fourth-order valence-corrected chi connectivity index (χ4v) is 1.79. The van der Waals surface area contributed by atoms with Gasteiger partial charge >= 0.3 is 5.97 Å². The SMILES string of the molecule is CCOC(=O)[C@H](NCc1ccc(OC)cc1)C(C)C. The predicted octanol–water partition coefficient (Wildman–Crippen LogP) is 2.37. The van der Waals surface area contributed by atoms with Crippen molar-refractivity contribution in [2.75, 3.05) is 13.7 Å². The summed E-state index contributed by atoms with van der Waals surface area (Å²) in [6.07, 6.45) is 0. The summed E-state index contributed by atoms with van der Waals surface area (Å²) in [5, 5.41) is 3.24. The monoisotopic (exact) mass is 265 g/mol. The number of methoxy groups -OCH3 is 1. The quantitative estimate of drug-likeness (QED) is 0.769. The van der Waals surface area contributed by atoms with Crippen molar-refractivity contribution < 1.29 is 14.3 Å². The van der Waals surface area contributed by atoms with Gasteiger partial charge in [-0.25, -0.2) is 0 Å². The molecule has 4 nitrogen and oxygen atoms in total. The van der Waals surface area contributed by atoms with Crippen LogP contribution in [0.5, 0.6) is 5.75 Å². The number of hydrogen-bond donors (Lipinski definition) is 1. The van der Waals surface area contributed by atoms with Crippen LogP contribution in [-0.2, 0) is 16.1 Å². The van der Waals surface area contributed by atoms with Gasteiger partial charge in [0.05, 0.1) is 13.7 Å². The topological polar surface area (TPSA) is 47.6 Å². The highest BCUT2D eigenvalue weighted by molar-refractivity contribution is 5.76. The molecule has 4 heteroatoms. The van der Waals surface area contributed by atoms with Gasteiger partial charge in [0.1, 0.15) is 11.8 Å². The summed E-state index contributed by atoms with van der Waals surface area (Å²) in [5.41, 5.74) is 1.11. The van der Waals surface area contributed by atoms with Gasteiger partial charge in [0, 0.05) is 6.54 Å². The molecule has 1 rings (SSSR count). The number of carbonyl (C=O) groups excluding carboxylic acids is 1. The van der Waals surface area contributed by atoms with Crippen LogP contribution in [-0.4, -0.2) is 25.7 Å². The molecule has 0 saturated carbocycles. The van der Waals surface area contributed by atoms with Crippen molar-refractivity contribution in [3.05, 3.63) is 29.8 Å². The molecule has 0 aliphatic carbocycles. The Hall–Kier alpha value is -1.55. The van der Waals surface area contributed by atoms with Gasteiger partial charge in [-0.1, -0.05) is 26.0 Å². The lowest BCUT2D eigenvalue weighted by molar-refractivity contribution is -0.146. The lowest BCUT2D eigenvalue weighted by Gasteiger charge is -2.20. The molecule has 0 aromatic heterocycles. The fourth-order valence-electron chi connectivity index (χ4n) is 1.79. The van der Waals surface area contributed by atoms with E-state index in [1.165, 1.54) is 0 Å². The van der Waals surface area contributed by atoms with E-state index in [1.807, 2.05) is 45.0 Å². The zero-order chi connectivity index (χ0) is 14.3. The van der Waals surface area contributed by atoms with E-state index in [0.717, 1.165) is 11.3 Å². The Labute approximate surface area is 115 Å². The molecule has 0 spiro atoms. The van der Waals surface area contributed by atoms with Crippen molar-refractivity contribution in [3.8, 4) is 5.75 Å². The first-order valence-electron chi connectivity index (χ1n) is 6.61. The molecule has 0 aliphatic heterocycles. The van der Waals surface area contributed by atoms with E-state index in [2.05, 4.69) is 5.32 Å². The third-order valence-corrected chi connectivity index (χ3v) is 2.89. The molecule has 106 valence electrons. The van der Waals surface area contributed by atoms with Gasteiger partial charge in [0.2, 0.25) is 0 Å². The van der Waals surface area contributed by atoms with E-state index >= 15 is 0 Å². The normalized spacial score (nSPS) is 12.3. The van der Waals surface area contributed by atoms with E-state index in [4.69, 9.17) is 9.47 Å². The lowest BCUT2D eigenvalue weighted by atomic mass is 10.0. The van der Waals surface area contributed by atoms with E-state index in [9.17, 15) is 4.79 Å². The van der Waals surface area contributed by atoms with Crippen LogP contribution in [0.25, 0.3) is 0 Å². The molecule has 19 heavy (non-hydrogen) atoms. The first kappa shape index (κ1) is 15.5. The first-order chi connectivity index (χ1) is 9.08. The fraction of sp³-hybridized carbons (Fsp3) is 0.533. The Morgan fingerprint density at radius 1 is 1.26 bits per heavy atom. The van der Waals surface area contributed by atoms with Crippen molar-refractivity contribution in [2.24, 2.45) is 5.92 Å². The van der Waals surface area contributed by atoms with Crippen molar-refractivity contribution >= 4 is 5.97 Å². The Bertz CT molecular complexity index is 387. The molecule has 0 saturated heterocycles. The summed E-state index contributed by atoms with van der Waals surface area (Å²) in [6, 6.07) is 7.50. The summed E-state index contributed by atoms with van der Waals surface area (Å²) in [5.74, 6) is 0.831. The predicted molar refractivity (Wildman–Crippen MR) is 75.1 cm³/mol. The van der Waals surface area contributed by atoms with Gasteiger partial charge in [-0.15, -0.1) is 0 Å². The van der Waals surface area contributed by atoms with Gasteiger partial charge in [-0.3, -0.25) is 4.79 Å². The zero-order valence-electron chi connectivity index (χ0n) is 12.1. The van der Waals surface area contributed by atoms with Crippen molar-refractivity contribution in [3.63, 3.8) is 0 Å². The van der Waals surface area contributed by atoms with Crippen LogP contribution in [0.15, 0.2) is 24.3 Å². The number of carbonyl (C=O) groups is 1. The number of benzene rings is 1. The number of nitrogens with one attached hydrogen (secondary N) is 1. The molecular formula is C15H23NO3. The van der Waals surface area contributed by atoms with Crippen molar-refractivity contribution in [2.45, 2.75) is 33.4 Å². The van der Waals surface area contributed by atoms with Crippen LogP contribution >= 0.6 is 0 Å². The minimum Gasteiger partial charge on any atom is -0.497 e. The molecule has 0 aliphatic rings. The van der Waals surface area contributed by atoms with E-state index < -0.39 is 0 Å². The van der Waals surface area contributed by atoms with Crippen molar-refractivity contribution in [1.82, 2.24) is 5.32 Å². The van der Waals surface area contributed by atoms with Gasteiger partial charge in [0.25, 0.3) is 0 Å². The van der Waals surface area contributed by atoms with E-state index in [-0.39, 0.29) is 17.9 Å². The molecule has 0 bridgehead atoms. The second kappa shape index (κ2) is 7.79. The van der Waals surface area contributed by atoms with Crippen LogP contribution in [0.1, 0.15) is 26.3 Å². The van der Waals surface area contributed by atoms with Gasteiger partial charge in [-0.2, -0.15) is 0 Å². The maximum Gasteiger partial charge on any atom is 0.323 e. The van der Waals surface area contributed by atoms with Crippen molar-refractivity contribution in [1.29, 1.82) is 0 Å². The molecule has 1 aromatic rings. The second-order valence-corrected chi connectivity index (χ2v) is 4.70. The highest BCUT2D eigenvalue weighted by atomic mass is 16.5. The van der Waals surface area contributed by atoms with Gasteiger partial charge in [0.15, 0.2) is 0 Å². The van der Waals surface area contributed by atoms with Crippen LogP contribution in [0.4, 0.5) is 0 Å². The Morgan fingerprint density at radius 3 is 2.37 bits per heavy atom. The molecule has 1 N–H and O–H groups in total. The molecule has 1 atom stereocenters. The average molecular weight is 265 g/mol. The lowest BCUT2D eigenvalue weighted by Crippen LogP contribution is -2.41. The van der Waals surface area contributed by atoms with E-state index in [0.29, 0.717) is 13.2 Å². The first-order valence-corrected chi connectivity index (χ1v) is 6.61. The van der Waals surface area contributed by atoms with Crippen LogP contribution in [0, 0.1) is 5.92 Å². The van der Waals surface area contributed by atoms with Crippen LogP contribution in [0.2, 0.25) is 0 Å². The largest absolute Gasteiger partial charge is 0.497 e. The van der Waals surface area contributed by atoms with Gasteiger partial charge in [-0.05, 0) is 30.5 Å². The summed E-state index contributed by atoms with van der Waals surface area (Å²) < 4.78 is 10.2. The Morgan fingerprint density at radius 2 is 1.89 bits per heavy atom. The maximum absolute atomic E-state index is 11.8. The minimum absolute atomic E-state index is 0.189. The smallest absolute Gasteiger partial charge is 0.323 e. The highest BCUT2D eigenvalue weighted by Gasteiger charge is 2.22. The van der Waals surface area contributed by atoms with E-state index in [1.54, 1.807) is 7.11 Å². The molecule has 0 amide bonds. The second-order valence-electron chi connectivity index (χ2n) is 4.70. The average Bonchev–Trinajstić information content (AvgIpc) is 2.39. The third kappa shape index (κ3) is 4.91. The zero-order valence-corrected chi connectivity index (χ0v) is 12.1. The third-order valence-electron chi connectivity index (χ3n) is 2.89. The number of hydrogen-bond acceptors (Lipinski definition) is 4. The summed E-state index contributed by atoms with van der Waals surface area (Å²) in [6.45, 7) is 6.86. The summed E-state index contributed by atoms with van der Waals surface area (Å²) >= 11 is 0. The molecule has 0 radical (unpaired) electrons. The number of esters is 1. The molecule has 0 heterocycles. The molecular weight excluding hydrogens is 242 g/mol. The van der Waals surface area contributed by atoms with Crippen LogP contribution in [0.3, 0.4) is 0 Å². The van der Waals surface area contributed by atoms with Gasteiger partial charge < -0.3 is 14.8 Å². The summed E-state index contributed by atoms with van der Waals surface area (Å²) in [7, 11) is 1.64. The van der Waals surface area contributed by atoms with Crippen LogP contribution < -0.4 is 10.1 Å². The standard InChI is InChI=1S/C15H23NO3/c1-5-19-15(17)14(11(2)3)16-10-12-6-8-13(18-4)9-7-12/h6-9,11,14,16H,5,10H2,1-4H3/t14-/m1/s1. The number of rotatable bonds is 7. The Balaban J connectivity index is 2.57. The minimum atomic E-state index is -0.276. The summed E-state index contributed by atoms with van der Waals surface area (Å²) in [4.78, 5) is 11.8. The molecule has 0 unspecified atom stereocenters. The molecule has 0 fully saturated rings.